The van der Waals surface area contributed by atoms with Crippen LogP contribution in [0.5, 0.6) is 17.2 Å². The topological polar surface area (TPSA) is 44.8 Å². The second-order valence-corrected chi connectivity index (χ2v) is 5.16. The second-order valence-electron chi connectivity index (χ2n) is 3.91. The Labute approximate surface area is 130 Å². The Morgan fingerprint density at radius 3 is 2.20 bits per heavy atom. The second kappa shape index (κ2) is 6.60. The Balaban J connectivity index is 2.18. The maximum absolute atomic E-state index is 12.0. The lowest BCUT2D eigenvalue weighted by Gasteiger charge is -2.09. The van der Waals surface area contributed by atoms with E-state index in [4.69, 9.17) is 14.2 Å². The maximum atomic E-state index is 12.0. The highest BCUT2D eigenvalue weighted by Crippen LogP contribution is 2.28. The van der Waals surface area contributed by atoms with Crippen molar-refractivity contribution in [1.82, 2.24) is 0 Å². The fourth-order valence-corrected chi connectivity index (χ4v) is 1.99. The zero-order valence-corrected chi connectivity index (χ0v) is 13.2. The van der Waals surface area contributed by atoms with Gasteiger partial charge in [0.05, 0.1) is 19.8 Å². The van der Waals surface area contributed by atoms with Crippen molar-refractivity contribution in [3.63, 3.8) is 0 Å². The molecule has 0 aliphatic carbocycles. The van der Waals surface area contributed by atoms with Gasteiger partial charge in [-0.25, -0.2) is 4.79 Å². The minimum atomic E-state index is -0.438. The van der Waals surface area contributed by atoms with Gasteiger partial charge in [0.1, 0.15) is 5.75 Å². The van der Waals surface area contributed by atoms with Crippen LogP contribution in [0.2, 0.25) is 0 Å². The molecule has 0 aromatic heterocycles. The summed E-state index contributed by atoms with van der Waals surface area (Å²) in [5.41, 5.74) is 0.404. The van der Waals surface area contributed by atoms with Crippen molar-refractivity contribution in [1.29, 1.82) is 0 Å². The van der Waals surface area contributed by atoms with Gasteiger partial charge in [-0.15, -0.1) is 0 Å². The predicted octanol–water partition coefficient (Wildman–Crippen LogP) is 3.53. The molecule has 104 valence electrons. The molecule has 0 spiro atoms. The van der Waals surface area contributed by atoms with Crippen molar-refractivity contribution in [3.05, 3.63) is 51.6 Å². The van der Waals surface area contributed by atoms with E-state index in [2.05, 4.69) is 22.6 Å². The highest BCUT2D eigenvalue weighted by Gasteiger charge is 2.12. The number of carbonyl (C=O) groups excluding carboxylic acids is 1. The van der Waals surface area contributed by atoms with Gasteiger partial charge in [-0.3, -0.25) is 0 Å². The molecule has 0 amide bonds. The van der Waals surface area contributed by atoms with Gasteiger partial charge in [0.25, 0.3) is 0 Å². The van der Waals surface area contributed by atoms with Gasteiger partial charge >= 0.3 is 5.97 Å². The van der Waals surface area contributed by atoms with E-state index in [1.165, 1.54) is 7.11 Å². The fourth-order valence-electron chi connectivity index (χ4n) is 1.63. The standard InChI is InChI=1S/C15H13IO4/c1-18-13-8-3-10(9-14(13)19-2)15(17)20-12-6-4-11(16)5-7-12/h3-9H,1-2H3. The third kappa shape index (κ3) is 3.41. The zero-order chi connectivity index (χ0) is 14.5. The number of hydrogen-bond acceptors (Lipinski definition) is 4. The Morgan fingerprint density at radius 2 is 1.60 bits per heavy atom. The smallest absolute Gasteiger partial charge is 0.343 e. The molecule has 0 saturated carbocycles. The van der Waals surface area contributed by atoms with E-state index in [1.54, 1.807) is 37.4 Å². The molecule has 0 atom stereocenters. The van der Waals surface area contributed by atoms with Crippen LogP contribution in [0.3, 0.4) is 0 Å². The first-order chi connectivity index (χ1) is 9.63. The van der Waals surface area contributed by atoms with E-state index in [0.29, 0.717) is 22.8 Å². The lowest BCUT2D eigenvalue weighted by Crippen LogP contribution is -2.08. The van der Waals surface area contributed by atoms with Gasteiger partial charge in [0.15, 0.2) is 11.5 Å². The van der Waals surface area contributed by atoms with Crippen LogP contribution in [0.15, 0.2) is 42.5 Å². The van der Waals surface area contributed by atoms with Crippen LogP contribution in [0.4, 0.5) is 0 Å². The summed E-state index contributed by atoms with van der Waals surface area (Å²) >= 11 is 2.19. The Kier molecular flexibility index (Phi) is 4.84. The molecule has 0 radical (unpaired) electrons. The number of carbonyl (C=O) groups is 1. The molecule has 0 aliphatic rings. The average molecular weight is 384 g/mol. The third-order valence-corrected chi connectivity index (χ3v) is 3.36. The maximum Gasteiger partial charge on any atom is 0.343 e. The molecule has 0 heterocycles. The summed E-state index contributed by atoms with van der Waals surface area (Å²) in [5, 5.41) is 0. The molecule has 0 unspecified atom stereocenters. The van der Waals surface area contributed by atoms with E-state index >= 15 is 0 Å². The molecular weight excluding hydrogens is 371 g/mol. The number of methoxy groups -OCH3 is 2. The number of benzene rings is 2. The molecule has 0 aliphatic heterocycles. The summed E-state index contributed by atoms with van der Waals surface area (Å²) in [5.74, 6) is 1.13. The summed E-state index contributed by atoms with van der Waals surface area (Å²) < 4.78 is 16.7. The van der Waals surface area contributed by atoms with Crippen LogP contribution in [0.25, 0.3) is 0 Å². The van der Waals surface area contributed by atoms with Crippen LogP contribution >= 0.6 is 22.6 Å². The summed E-state index contributed by atoms with van der Waals surface area (Å²) in [6.45, 7) is 0. The molecule has 4 nitrogen and oxygen atoms in total. The molecule has 20 heavy (non-hydrogen) atoms. The van der Waals surface area contributed by atoms with Gasteiger partial charge < -0.3 is 14.2 Å². The molecule has 5 heteroatoms. The van der Waals surface area contributed by atoms with E-state index in [0.717, 1.165) is 3.57 Å². The first-order valence-electron chi connectivity index (χ1n) is 5.84. The lowest BCUT2D eigenvalue weighted by molar-refractivity contribution is 0.0734. The minimum Gasteiger partial charge on any atom is -0.493 e. The molecule has 2 rings (SSSR count). The summed E-state index contributed by atoms with van der Waals surface area (Å²) in [4.78, 5) is 12.0. The molecule has 0 fully saturated rings. The molecule has 0 N–H and O–H groups in total. The van der Waals surface area contributed by atoms with Gasteiger partial charge in [-0.2, -0.15) is 0 Å². The summed E-state index contributed by atoms with van der Waals surface area (Å²) in [6.07, 6.45) is 0. The first kappa shape index (κ1) is 14.6. The normalized spacial score (nSPS) is 9.95. The number of ether oxygens (including phenoxy) is 3. The van der Waals surface area contributed by atoms with E-state index in [-0.39, 0.29) is 0 Å². The van der Waals surface area contributed by atoms with Crippen LogP contribution in [-0.2, 0) is 0 Å². The van der Waals surface area contributed by atoms with E-state index < -0.39 is 5.97 Å². The Bertz CT molecular complexity index is 608. The predicted molar refractivity (Wildman–Crippen MR) is 83.7 cm³/mol. The quantitative estimate of drug-likeness (QED) is 0.460. The number of halogens is 1. The van der Waals surface area contributed by atoms with Crippen molar-refractivity contribution in [3.8, 4) is 17.2 Å². The number of rotatable bonds is 4. The number of esters is 1. The molecule has 0 saturated heterocycles. The lowest BCUT2D eigenvalue weighted by atomic mass is 10.2. The zero-order valence-electron chi connectivity index (χ0n) is 11.1. The Hall–Kier alpha value is -1.76. The van der Waals surface area contributed by atoms with Crippen molar-refractivity contribution in [2.24, 2.45) is 0 Å². The number of hydrogen-bond donors (Lipinski definition) is 0. The molecule has 2 aromatic carbocycles. The van der Waals surface area contributed by atoms with Crippen molar-refractivity contribution >= 4 is 28.6 Å². The Morgan fingerprint density at radius 1 is 0.950 bits per heavy atom. The molecular formula is C15H13IO4. The average Bonchev–Trinajstić information content (AvgIpc) is 2.48. The van der Waals surface area contributed by atoms with Crippen molar-refractivity contribution in [2.45, 2.75) is 0 Å². The highest BCUT2D eigenvalue weighted by molar-refractivity contribution is 14.1. The van der Waals surface area contributed by atoms with Gasteiger partial charge in [-0.1, -0.05) is 0 Å². The van der Waals surface area contributed by atoms with Crippen LogP contribution in [0, 0.1) is 3.57 Å². The van der Waals surface area contributed by atoms with Gasteiger partial charge in [0.2, 0.25) is 0 Å². The first-order valence-corrected chi connectivity index (χ1v) is 6.91. The summed E-state index contributed by atoms with van der Waals surface area (Å²) in [7, 11) is 3.06. The highest BCUT2D eigenvalue weighted by atomic mass is 127. The van der Waals surface area contributed by atoms with Crippen LogP contribution in [-0.4, -0.2) is 20.2 Å². The monoisotopic (exact) mass is 384 g/mol. The van der Waals surface area contributed by atoms with Crippen LogP contribution in [0.1, 0.15) is 10.4 Å². The largest absolute Gasteiger partial charge is 0.493 e. The van der Waals surface area contributed by atoms with E-state index in [1.807, 2.05) is 12.1 Å². The minimum absolute atomic E-state index is 0.404. The van der Waals surface area contributed by atoms with Crippen LogP contribution < -0.4 is 14.2 Å². The summed E-state index contributed by atoms with van der Waals surface area (Å²) in [6, 6.07) is 12.1. The third-order valence-electron chi connectivity index (χ3n) is 2.64. The van der Waals surface area contributed by atoms with Gasteiger partial charge in [0, 0.05) is 3.57 Å². The molecule has 2 aromatic rings. The van der Waals surface area contributed by atoms with Crippen molar-refractivity contribution in [2.75, 3.05) is 14.2 Å². The van der Waals surface area contributed by atoms with E-state index in [9.17, 15) is 4.79 Å². The SMILES string of the molecule is COc1ccc(C(=O)Oc2ccc(I)cc2)cc1OC. The van der Waals surface area contributed by atoms with Crippen molar-refractivity contribution < 1.29 is 19.0 Å². The fraction of sp³-hybridized carbons (Fsp3) is 0.133. The molecule has 0 bridgehead atoms. The van der Waals surface area contributed by atoms with Gasteiger partial charge in [-0.05, 0) is 65.1 Å².